The molecule has 7 nitrogen and oxygen atoms in total. The quantitative estimate of drug-likeness (QED) is 0.633. The molecule has 0 saturated heterocycles. The first-order valence-corrected chi connectivity index (χ1v) is 5.48. The van der Waals surface area contributed by atoms with Crippen LogP contribution in [0, 0.1) is 10.1 Å². The first kappa shape index (κ1) is 11.2. The summed E-state index contributed by atoms with van der Waals surface area (Å²) < 4.78 is 1.62. The third-order valence-corrected chi connectivity index (χ3v) is 2.88. The van der Waals surface area contributed by atoms with E-state index >= 15 is 0 Å². The van der Waals surface area contributed by atoms with Gasteiger partial charge >= 0.3 is 5.82 Å². The smallest absolute Gasteiger partial charge is 0.358 e. The molecular formula is C6H3Cl2N5O2S. The van der Waals surface area contributed by atoms with Crippen molar-refractivity contribution < 1.29 is 4.92 Å². The van der Waals surface area contributed by atoms with Crippen LogP contribution in [0.4, 0.5) is 5.82 Å². The lowest BCUT2D eigenvalue weighted by Crippen LogP contribution is -2.00. The van der Waals surface area contributed by atoms with E-state index in [2.05, 4.69) is 15.3 Å². The molecule has 0 aliphatic carbocycles. The molecular weight excluding hydrogens is 277 g/mol. The van der Waals surface area contributed by atoms with Crippen LogP contribution in [0.5, 0.6) is 0 Å². The average molecular weight is 280 g/mol. The summed E-state index contributed by atoms with van der Waals surface area (Å²) in [6, 6.07) is 0. The van der Waals surface area contributed by atoms with E-state index < -0.39 is 4.92 Å². The van der Waals surface area contributed by atoms with Gasteiger partial charge in [0.1, 0.15) is 11.6 Å². The van der Waals surface area contributed by atoms with E-state index in [9.17, 15) is 10.1 Å². The van der Waals surface area contributed by atoms with Gasteiger partial charge in [-0.05, 0) is 16.5 Å². The third-order valence-electron chi connectivity index (χ3n) is 1.61. The number of hydrogen-bond donors (Lipinski definition) is 0. The number of aromatic nitrogens is 4. The predicted molar refractivity (Wildman–Crippen MR) is 57.9 cm³/mol. The minimum absolute atomic E-state index is 0.0133. The first-order valence-electron chi connectivity index (χ1n) is 3.91. The minimum atomic E-state index is -0.647. The minimum Gasteiger partial charge on any atom is -0.358 e. The van der Waals surface area contributed by atoms with E-state index in [0.29, 0.717) is 9.47 Å². The van der Waals surface area contributed by atoms with Crippen LogP contribution < -0.4 is 0 Å². The highest BCUT2D eigenvalue weighted by Crippen LogP contribution is 2.22. The molecule has 0 fully saturated rings. The molecule has 2 heterocycles. The first-order chi connectivity index (χ1) is 7.56. The Hall–Kier alpha value is -1.25. The van der Waals surface area contributed by atoms with Crippen LogP contribution in [0.1, 0.15) is 5.01 Å². The van der Waals surface area contributed by atoms with Gasteiger partial charge in [0, 0.05) is 0 Å². The van der Waals surface area contributed by atoms with Gasteiger partial charge in [0.05, 0.1) is 11.3 Å². The summed E-state index contributed by atoms with van der Waals surface area (Å²) in [5, 5.41) is 22.1. The van der Waals surface area contributed by atoms with E-state index in [4.69, 9.17) is 23.2 Å². The van der Waals surface area contributed by atoms with Gasteiger partial charge in [-0.15, -0.1) is 10.2 Å². The molecule has 0 atom stereocenters. The van der Waals surface area contributed by atoms with Gasteiger partial charge in [-0.25, -0.2) is 0 Å². The Morgan fingerprint density at radius 3 is 2.75 bits per heavy atom. The molecule has 0 radical (unpaired) electrons. The summed E-state index contributed by atoms with van der Waals surface area (Å²) in [6.45, 7) is 0.248. The third kappa shape index (κ3) is 2.29. The topological polar surface area (TPSA) is 86.7 Å². The zero-order chi connectivity index (χ0) is 11.7. The second-order valence-electron chi connectivity index (χ2n) is 2.70. The summed E-state index contributed by atoms with van der Waals surface area (Å²) in [5.74, 6) is -0.378. The Morgan fingerprint density at radius 1 is 1.50 bits per heavy atom. The van der Waals surface area contributed by atoms with Crippen molar-refractivity contribution in [1.29, 1.82) is 0 Å². The molecule has 0 unspecified atom stereocenters. The molecule has 2 aromatic rings. The summed E-state index contributed by atoms with van der Waals surface area (Å²) in [7, 11) is 0. The van der Waals surface area contributed by atoms with Gasteiger partial charge < -0.3 is 10.1 Å². The Bertz CT molecular complexity index is 539. The summed E-state index contributed by atoms with van der Waals surface area (Å²) in [6.07, 6.45) is 1.36. The van der Waals surface area contributed by atoms with Gasteiger partial charge in [-0.3, -0.25) is 0 Å². The highest BCUT2D eigenvalue weighted by Gasteiger charge is 2.19. The Morgan fingerprint density at radius 2 is 2.25 bits per heavy atom. The molecule has 16 heavy (non-hydrogen) atoms. The van der Waals surface area contributed by atoms with Gasteiger partial charge in [0.25, 0.3) is 0 Å². The summed E-state index contributed by atoms with van der Waals surface area (Å²) in [5.41, 5.74) is 0. The van der Waals surface area contributed by atoms with Gasteiger partial charge in [0.2, 0.25) is 4.47 Å². The van der Waals surface area contributed by atoms with Crippen LogP contribution in [-0.4, -0.2) is 24.9 Å². The van der Waals surface area contributed by atoms with Crippen molar-refractivity contribution >= 4 is 40.4 Å². The lowest BCUT2D eigenvalue weighted by atomic mass is 10.6. The highest BCUT2D eigenvalue weighted by atomic mass is 35.5. The number of nitro groups is 1. The summed E-state index contributed by atoms with van der Waals surface area (Å²) in [4.78, 5) is 9.84. The molecule has 0 bridgehead atoms. The van der Waals surface area contributed by atoms with E-state index in [1.54, 1.807) is 0 Å². The molecule has 84 valence electrons. The van der Waals surface area contributed by atoms with Gasteiger partial charge in [0.15, 0.2) is 5.02 Å². The van der Waals surface area contributed by atoms with Crippen molar-refractivity contribution in [1.82, 2.24) is 20.0 Å². The molecule has 0 aromatic carbocycles. The Labute approximate surface area is 103 Å². The van der Waals surface area contributed by atoms with Crippen LogP contribution in [0.25, 0.3) is 0 Å². The predicted octanol–water partition coefficient (Wildman–Crippen LogP) is 2.00. The average Bonchev–Trinajstić information content (AvgIpc) is 2.73. The largest absolute Gasteiger partial charge is 0.408 e. The van der Waals surface area contributed by atoms with Crippen LogP contribution in [0.2, 0.25) is 9.49 Å². The van der Waals surface area contributed by atoms with E-state index in [1.165, 1.54) is 22.2 Å². The zero-order valence-corrected chi connectivity index (χ0v) is 9.83. The van der Waals surface area contributed by atoms with Crippen LogP contribution in [0.15, 0.2) is 6.20 Å². The fourth-order valence-corrected chi connectivity index (χ4v) is 2.11. The monoisotopic (exact) mass is 279 g/mol. The molecule has 2 aromatic heterocycles. The molecule has 2 rings (SSSR count). The molecule has 0 spiro atoms. The number of halogens is 2. The molecule has 0 saturated carbocycles. The molecule has 0 N–H and O–H groups in total. The molecule has 0 aliphatic heterocycles. The second kappa shape index (κ2) is 4.32. The van der Waals surface area contributed by atoms with Crippen molar-refractivity contribution in [3.05, 3.63) is 30.8 Å². The van der Waals surface area contributed by atoms with Crippen molar-refractivity contribution in [2.45, 2.75) is 6.54 Å². The van der Waals surface area contributed by atoms with E-state index in [-0.39, 0.29) is 17.4 Å². The normalized spacial score (nSPS) is 10.6. The maximum atomic E-state index is 10.5. The van der Waals surface area contributed by atoms with Crippen molar-refractivity contribution in [3.8, 4) is 0 Å². The number of rotatable bonds is 3. The lowest BCUT2D eigenvalue weighted by Gasteiger charge is -1.88. The van der Waals surface area contributed by atoms with Gasteiger partial charge in [-0.1, -0.05) is 22.9 Å². The standard InChI is InChI=1S/C6H3Cl2N5O2S/c7-3-1-12(11-5(3)13(14)15)2-4-9-10-6(8)16-4/h1H,2H2. The lowest BCUT2D eigenvalue weighted by molar-refractivity contribution is -0.389. The second-order valence-corrected chi connectivity index (χ2v) is 4.76. The highest BCUT2D eigenvalue weighted by molar-refractivity contribution is 7.15. The molecule has 0 aliphatic rings. The fraction of sp³-hybridized carbons (Fsp3) is 0.167. The van der Waals surface area contributed by atoms with E-state index in [1.807, 2.05) is 0 Å². The number of hydrogen-bond acceptors (Lipinski definition) is 6. The van der Waals surface area contributed by atoms with Crippen molar-refractivity contribution in [2.24, 2.45) is 0 Å². The van der Waals surface area contributed by atoms with Crippen molar-refractivity contribution in [3.63, 3.8) is 0 Å². The van der Waals surface area contributed by atoms with Crippen molar-refractivity contribution in [2.75, 3.05) is 0 Å². The Kier molecular flexibility index (Phi) is 3.03. The van der Waals surface area contributed by atoms with Crippen LogP contribution >= 0.6 is 34.5 Å². The SMILES string of the molecule is O=[N+]([O-])c1nn(Cc2nnc(Cl)s2)cc1Cl. The maximum absolute atomic E-state index is 10.5. The Balaban J connectivity index is 2.22. The van der Waals surface area contributed by atoms with Crippen LogP contribution in [0.3, 0.4) is 0 Å². The fourth-order valence-electron chi connectivity index (χ4n) is 1.03. The molecule has 0 amide bonds. The maximum Gasteiger partial charge on any atom is 0.408 e. The van der Waals surface area contributed by atoms with E-state index in [0.717, 1.165) is 0 Å². The molecule has 10 heteroatoms. The zero-order valence-electron chi connectivity index (χ0n) is 7.50. The van der Waals surface area contributed by atoms with Crippen LogP contribution in [-0.2, 0) is 6.54 Å². The number of nitrogens with zero attached hydrogens (tertiary/aromatic N) is 5. The van der Waals surface area contributed by atoms with Gasteiger partial charge in [-0.2, -0.15) is 4.68 Å². The summed E-state index contributed by atoms with van der Waals surface area (Å²) >= 11 is 12.4.